The smallest absolute Gasteiger partial charge is 0.157 e. The highest BCUT2D eigenvalue weighted by Crippen LogP contribution is 2.28. The van der Waals surface area contributed by atoms with E-state index in [0.29, 0.717) is 35.0 Å². The molecule has 9 heteroatoms. The third-order valence-electron chi connectivity index (χ3n) is 4.29. The summed E-state index contributed by atoms with van der Waals surface area (Å²) in [6.07, 6.45) is 8.98. The molecule has 1 saturated heterocycles. The molecule has 0 spiro atoms. The number of hydrogen-bond acceptors (Lipinski definition) is 8. The number of hydrazine groups is 1. The summed E-state index contributed by atoms with van der Waals surface area (Å²) in [6, 6.07) is 3.79. The molecular weight excluding hydrogens is 318 g/mol. The second-order valence-electron chi connectivity index (χ2n) is 5.92. The van der Waals surface area contributed by atoms with Crippen molar-refractivity contribution in [2.75, 3.05) is 5.53 Å². The molecule has 1 fully saturated rings. The minimum absolute atomic E-state index is 0.619. The van der Waals surface area contributed by atoms with E-state index in [1.165, 1.54) is 0 Å². The van der Waals surface area contributed by atoms with Gasteiger partial charge in [-0.25, -0.2) is 45.2 Å². The van der Waals surface area contributed by atoms with E-state index in [1.807, 2.05) is 41.4 Å². The number of aromatic nitrogens is 1. The first-order valence-electron chi connectivity index (χ1n) is 7.96. The van der Waals surface area contributed by atoms with Gasteiger partial charge in [-0.05, 0) is 36.4 Å². The third-order valence-corrected chi connectivity index (χ3v) is 4.29. The molecule has 0 aliphatic carbocycles. The van der Waals surface area contributed by atoms with Gasteiger partial charge in [0.25, 0.3) is 0 Å². The van der Waals surface area contributed by atoms with E-state index in [0.717, 1.165) is 24.5 Å². The molecular formula is C16H11N9. The van der Waals surface area contributed by atoms with E-state index in [1.54, 1.807) is 4.68 Å². The third kappa shape index (κ3) is 1.89. The molecule has 0 amide bonds. The SMILES string of the molecule is C1=C/C2=N/c3ccc4n3NN3/C(=N\C1=N2)CC/C3=N/C1=NC(=N\4)/C=C1. The van der Waals surface area contributed by atoms with Crippen molar-refractivity contribution in [3.8, 4) is 0 Å². The minimum atomic E-state index is 0.619. The minimum Gasteiger partial charge on any atom is -0.224 e. The topological polar surface area (TPSA) is 94.4 Å². The van der Waals surface area contributed by atoms with Gasteiger partial charge in [0.2, 0.25) is 0 Å². The summed E-state index contributed by atoms with van der Waals surface area (Å²) in [5, 5.41) is 1.87. The predicted octanol–water partition coefficient (Wildman–Crippen LogP) is 1.86. The summed E-state index contributed by atoms with van der Waals surface area (Å²) in [6.45, 7) is 0. The van der Waals surface area contributed by atoms with E-state index in [9.17, 15) is 0 Å². The number of fused-ring (bicyclic) bond motifs is 2. The van der Waals surface area contributed by atoms with Crippen LogP contribution in [0, 0.1) is 0 Å². The number of aliphatic imine (C=N–C) groups is 6. The molecule has 6 rings (SSSR count). The van der Waals surface area contributed by atoms with Crippen LogP contribution in [0.2, 0.25) is 0 Å². The normalized spacial score (nSPS) is 30.2. The summed E-state index contributed by atoms with van der Waals surface area (Å²) < 4.78 is 1.80. The van der Waals surface area contributed by atoms with Crippen molar-refractivity contribution in [2.45, 2.75) is 12.8 Å². The van der Waals surface area contributed by atoms with Crippen LogP contribution in [0.25, 0.3) is 0 Å². The monoisotopic (exact) mass is 329 g/mol. The van der Waals surface area contributed by atoms with E-state index in [4.69, 9.17) is 0 Å². The fourth-order valence-corrected chi connectivity index (χ4v) is 3.15. The lowest BCUT2D eigenvalue weighted by atomic mass is 10.3. The van der Waals surface area contributed by atoms with Crippen LogP contribution in [0.4, 0.5) is 11.6 Å². The second kappa shape index (κ2) is 4.47. The summed E-state index contributed by atoms with van der Waals surface area (Å²) in [5.74, 6) is 5.62. The van der Waals surface area contributed by atoms with Crippen molar-refractivity contribution in [3.05, 3.63) is 36.4 Å². The summed E-state index contributed by atoms with van der Waals surface area (Å²) >= 11 is 0. The van der Waals surface area contributed by atoms with Crippen molar-refractivity contribution >= 4 is 46.6 Å². The zero-order valence-corrected chi connectivity index (χ0v) is 13.0. The Labute approximate surface area is 141 Å². The van der Waals surface area contributed by atoms with Gasteiger partial charge in [-0.1, -0.05) is 0 Å². The van der Waals surface area contributed by atoms with Gasteiger partial charge in [-0.15, -0.1) is 0 Å². The van der Waals surface area contributed by atoms with Crippen molar-refractivity contribution in [3.63, 3.8) is 0 Å². The largest absolute Gasteiger partial charge is 0.224 e. The lowest BCUT2D eigenvalue weighted by molar-refractivity contribution is 0.618. The first kappa shape index (κ1) is 12.8. The maximum atomic E-state index is 4.66. The number of rotatable bonds is 0. The van der Waals surface area contributed by atoms with Gasteiger partial charge >= 0.3 is 0 Å². The van der Waals surface area contributed by atoms with Crippen molar-refractivity contribution in [2.24, 2.45) is 30.0 Å². The average Bonchev–Trinajstić information content (AvgIpc) is 3.37. The number of nitrogens with zero attached hydrogens (tertiary/aromatic N) is 8. The highest BCUT2D eigenvalue weighted by Gasteiger charge is 2.30. The lowest BCUT2D eigenvalue weighted by Crippen LogP contribution is -2.41. The summed E-state index contributed by atoms with van der Waals surface area (Å²) in [7, 11) is 0. The van der Waals surface area contributed by atoms with Crippen LogP contribution < -0.4 is 5.53 Å². The molecule has 25 heavy (non-hydrogen) atoms. The maximum absolute atomic E-state index is 4.66. The second-order valence-corrected chi connectivity index (χ2v) is 5.92. The number of hydrogen-bond donors (Lipinski definition) is 1. The van der Waals surface area contributed by atoms with Gasteiger partial charge in [0, 0.05) is 12.8 Å². The van der Waals surface area contributed by atoms with E-state index >= 15 is 0 Å². The van der Waals surface area contributed by atoms with Gasteiger partial charge < -0.3 is 0 Å². The van der Waals surface area contributed by atoms with Crippen LogP contribution >= 0.6 is 0 Å². The van der Waals surface area contributed by atoms with Crippen LogP contribution in [-0.4, -0.2) is 44.7 Å². The maximum Gasteiger partial charge on any atom is 0.157 e. The molecule has 120 valence electrons. The Kier molecular flexibility index (Phi) is 2.28. The standard InChI is InChI=1S/C16H11N9/c1-2-10-17-9(1)19-13-5-6-15-21-11-3-4-12(18-11)22-16-8-7-14(20-10)25(16)23-24(13)15/h1-6,23H,7-8H2/b19-9-,20-14-,21-11-,22-16-. The Morgan fingerprint density at radius 3 is 1.64 bits per heavy atom. The Hall–Kier alpha value is -3.62. The van der Waals surface area contributed by atoms with Crippen molar-refractivity contribution < 1.29 is 0 Å². The van der Waals surface area contributed by atoms with Crippen LogP contribution in [-0.2, 0) is 0 Å². The molecule has 6 bridgehead atoms. The highest BCUT2D eigenvalue weighted by atomic mass is 15.7. The summed E-state index contributed by atoms with van der Waals surface area (Å²) in [4.78, 5) is 27.4. The predicted molar refractivity (Wildman–Crippen MR) is 97.1 cm³/mol. The molecule has 5 aliphatic rings. The van der Waals surface area contributed by atoms with Crippen molar-refractivity contribution in [1.82, 2.24) is 9.69 Å². The first-order chi connectivity index (χ1) is 12.3. The van der Waals surface area contributed by atoms with Crippen LogP contribution in [0.1, 0.15) is 12.8 Å². The zero-order valence-electron chi connectivity index (χ0n) is 13.0. The van der Waals surface area contributed by atoms with E-state index in [2.05, 4.69) is 35.5 Å². The zero-order chi connectivity index (χ0) is 16.4. The Morgan fingerprint density at radius 1 is 0.640 bits per heavy atom. The molecule has 9 nitrogen and oxygen atoms in total. The molecule has 5 aliphatic heterocycles. The van der Waals surface area contributed by atoms with Crippen LogP contribution in [0.15, 0.2) is 66.4 Å². The van der Waals surface area contributed by atoms with Gasteiger partial charge in [0.1, 0.15) is 11.7 Å². The Balaban J connectivity index is 1.67. The van der Waals surface area contributed by atoms with Gasteiger partial charge in [0.15, 0.2) is 35.0 Å². The first-order valence-corrected chi connectivity index (χ1v) is 7.96. The molecule has 6 heterocycles. The van der Waals surface area contributed by atoms with Crippen molar-refractivity contribution in [1.29, 1.82) is 0 Å². The van der Waals surface area contributed by atoms with Gasteiger partial charge in [-0.3, -0.25) is 0 Å². The number of nitrogens with one attached hydrogen (secondary N) is 1. The molecule has 1 aromatic heterocycles. The molecule has 0 unspecified atom stereocenters. The lowest BCUT2D eigenvalue weighted by Gasteiger charge is -2.24. The van der Waals surface area contributed by atoms with Gasteiger partial charge in [0.05, 0.1) is 0 Å². The fraction of sp³-hybridized carbons (Fsp3) is 0.125. The molecule has 1 aromatic rings. The highest BCUT2D eigenvalue weighted by molar-refractivity contribution is 6.22. The van der Waals surface area contributed by atoms with Gasteiger partial charge in [-0.2, -0.15) is 0 Å². The molecule has 0 atom stereocenters. The average molecular weight is 329 g/mol. The quantitative estimate of drug-likeness (QED) is 0.786. The molecule has 0 radical (unpaired) electrons. The Bertz CT molecular complexity index is 990. The Morgan fingerprint density at radius 2 is 1.12 bits per heavy atom. The van der Waals surface area contributed by atoms with E-state index < -0.39 is 0 Å². The molecule has 0 saturated carbocycles. The fourth-order valence-electron chi connectivity index (χ4n) is 3.15. The number of amidine groups is 6. The van der Waals surface area contributed by atoms with E-state index in [-0.39, 0.29) is 0 Å². The van der Waals surface area contributed by atoms with Crippen LogP contribution in [0.3, 0.4) is 0 Å². The molecule has 1 N–H and O–H groups in total. The van der Waals surface area contributed by atoms with Crippen LogP contribution in [0.5, 0.6) is 0 Å². The molecule has 0 aromatic carbocycles. The summed E-state index contributed by atoms with van der Waals surface area (Å²) in [5.41, 5.74) is 3.34.